The molecule has 0 spiro atoms. The van der Waals surface area contributed by atoms with Crippen LogP contribution in [0.2, 0.25) is 0 Å². The number of para-hydroxylation sites is 1. The maximum atomic E-state index is 6.55. The normalized spacial score (nSPS) is 12.5. The van der Waals surface area contributed by atoms with Gasteiger partial charge < -0.3 is 14.1 Å². The largest absolute Gasteiger partial charge is 2.00 e. The van der Waals surface area contributed by atoms with Crippen molar-refractivity contribution >= 4 is 48.9 Å². The fourth-order valence-electron chi connectivity index (χ4n) is 6.60. The minimum atomic E-state index is 0. The molecule has 0 bridgehead atoms. The molecule has 0 fully saturated rings. The zero-order valence-corrected chi connectivity index (χ0v) is 29.4. The molecule has 4 aromatic heterocycles. The van der Waals surface area contributed by atoms with Crippen molar-refractivity contribution in [3.8, 4) is 22.9 Å². The smallest absolute Gasteiger partial charge is 0.460 e. The van der Waals surface area contributed by atoms with Crippen molar-refractivity contribution in [2.75, 3.05) is 0 Å². The number of hydrogen-bond acceptors (Lipinski definition) is 3. The first-order chi connectivity index (χ1) is 21.5. The Hall–Kier alpha value is -4.27. The zero-order chi connectivity index (χ0) is 31.2. The van der Waals surface area contributed by atoms with E-state index in [2.05, 4.69) is 131 Å². The van der Waals surface area contributed by atoms with Gasteiger partial charge in [-0.2, -0.15) is 0 Å². The summed E-state index contributed by atoms with van der Waals surface area (Å²) in [4.78, 5) is 9.80. The molecular weight excluding hydrogens is 746 g/mol. The minimum Gasteiger partial charge on any atom is -0.460 e. The van der Waals surface area contributed by atoms with E-state index in [1.807, 2.05) is 24.4 Å². The van der Waals surface area contributed by atoms with Crippen LogP contribution in [-0.4, -0.2) is 14.4 Å². The Morgan fingerprint density at radius 1 is 0.717 bits per heavy atom. The third kappa shape index (κ3) is 4.86. The second-order valence-electron chi connectivity index (χ2n) is 14.3. The molecule has 0 radical (unpaired) electrons. The molecule has 4 aromatic carbocycles. The second-order valence-corrected chi connectivity index (χ2v) is 14.3. The molecule has 4 nitrogen and oxygen atoms in total. The number of nitrogens with zero attached hydrogens (tertiary/aromatic N) is 3. The van der Waals surface area contributed by atoms with Crippen molar-refractivity contribution in [3.05, 3.63) is 114 Å². The van der Waals surface area contributed by atoms with Crippen LogP contribution in [-0.2, 0) is 31.9 Å². The topological polar surface area (TPSA) is 39.4 Å². The van der Waals surface area contributed by atoms with Gasteiger partial charge in [-0.05, 0) is 72.1 Å². The number of hydrogen-bond donors (Lipinski definition) is 0. The summed E-state index contributed by atoms with van der Waals surface area (Å²) in [6.07, 6.45) is 5.46. The van der Waals surface area contributed by atoms with Crippen molar-refractivity contribution in [1.29, 1.82) is 0 Å². The van der Waals surface area contributed by atoms with E-state index in [0.717, 1.165) is 38.8 Å². The molecule has 0 saturated heterocycles. The maximum Gasteiger partial charge on any atom is 2.00 e. The monoisotopic (exact) mass is 780 g/mol. The Morgan fingerprint density at radius 3 is 2.22 bits per heavy atom. The van der Waals surface area contributed by atoms with Crippen molar-refractivity contribution < 1.29 is 25.8 Å². The molecule has 0 saturated carbocycles. The average Bonchev–Trinajstić information content (AvgIpc) is 3.35. The number of pyridine rings is 3. The van der Waals surface area contributed by atoms with E-state index < -0.39 is 0 Å². The number of benzene rings is 4. The molecule has 0 N–H and O–H groups in total. The predicted molar refractivity (Wildman–Crippen MR) is 186 cm³/mol. The van der Waals surface area contributed by atoms with Crippen LogP contribution in [0.3, 0.4) is 0 Å². The Bertz CT molecular complexity index is 2440. The predicted octanol–water partition coefficient (Wildman–Crippen LogP) is 10.7. The molecule has 8 rings (SSSR count). The van der Waals surface area contributed by atoms with Gasteiger partial charge in [-0.3, -0.25) is 0 Å². The van der Waals surface area contributed by atoms with Crippen molar-refractivity contribution in [1.82, 2.24) is 14.4 Å². The van der Waals surface area contributed by atoms with Crippen LogP contribution in [0, 0.1) is 19.2 Å². The molecule has 230 valence electrons. The summed E-state index contributed by atoms with van der Waals surface area (Å²) in [5.74, 6) is 1.12. The molecule has 46 heavy (non-hydrogen) atoms. The Labute approximate surface area is 284 Å². The van der Waals surface area contributed by atoms with Gasteiger partial charge in [0, 0.05) is 18.0 Å². The van der Waals surface area contributed by atoms with Gasteiger partial charge in [0.05, 0.1) is 5.65 Å². The van der Waals surface area contributed by atoms with E-state index >= 15 is 0 Å². The molecule has 0 aliphatic heterocycles. The summed E-state index contributed by atoms with van der Waals surface area (Å²) in [5, 5.41) is 8.21. The first-order valence-electron chi connectivity index (χ1n) is 15.6. The van der Waals surface area contributed by atoms with Gasteiger partial charge in [0.15, 0.2) is 0 Å². The van der Waals surface area contributed by atoms with E-state index in [4.69, 9.17) is 9.72 Å². The molecule has 0 aliphatic carbocycles. The summed E-state index contributed by atoms with van der Waals surface area (Å²) in [7, 11) is 0. The van der Waals surface area contributed by atoms with Gasteiger partial charge in [-0.15, -0.1) is 40.8 Å². The van der Waals surface area contributed by atoms with Crippen molar-refractivity contribution in [3.63, 3.8) is 0 Å². The maximum absolute atomic E-state index is 6.55. The summed E-state index contributed by atoms with van der Waals surface area (Å²) in [5.41, 5.74) is 7.44. The van der Waals surface area contributed by atoms with Gasteiger partial charge in [0.1, 0.15) is 0 Å². The molecule has 5 heteroatoms. The van der Waals surface area contributed by atoms with Crippen LogP contribution in [0.15, 0.2) is 85.1 Å². The van der Waals surface area contributed by atoms with Crippen LogP contribution in [0.4, 0.5) is 0 Å². The Kier molecular flexibility index (Phi) is 7.03. The molecular formula is C41H35N3OPt. The van der Waals surface area contributed by atoms with Crippen LogP contribution in [0.25, 0.3) is 60.1 Å². The van der Waals surface area contributed by atoms with Crippen molar-refractivity contribution in [2.45, 2.75) is 59.3 Å². The fraction of sp³-hybridized carbons (Fsp3) is 0.220. The second kappa shape index (κ2) is 10.6. The van der Waals surface area contributed by atoms with Crippen LogP contribution in [0.1, 0.15) is 58.2 Å². The Balaban J connectivity index is 0.00000338. The molecule has 0 aliphatic rings. The summed E-state index contributed by atoms with van der Waals surface area (Å²) in [6, 6.07) is 31.4. The molecule has 4 heterocycles. The van der Waals surface area contributed by atoms with E-state index in [1.165, 1.54) is 38.1 Å². The molecule has 0 unspecified atom stereocenters. The minimum absolute atomic E-state index is 0. The van der Waals surface area contributed by atoms with Crippen molar-refractivity contribution in [2.24, 2.45) is 0 Å². The van der Waals surface area contributed by atoms with Crippen LogP contribution < -0.4 is 4.74 Å². The molecule has 0 amide bonds. The first kappa shape index (κ1) is 30.4. The zero-order valence-electron chi connectivity index (χ0n) is 27.1. The third-order valence-electron chi connectivity index (χ3n) is 9.08. The quantitative estimate of drug-likeness (QED) is 0.102. The van der Waals surface area contributed by atoms with Gasteiger partial charge in [0.25, 0.3) is 0 Å². The van der Waals surface area contributed by atoms with Crippen LogP contribution in [0.5, 0.6) is 11.6 Å². The van der Waals surface area contributed by atoms with Gasteiger partial charge in [-0.1, -0.05) is 103 Å². The number of rotatable bonds is 3. The SMILES string of the molecule is Cc1[c-]n2c3nc(Oc4[c-]c(-c5cc(C(C)(C)C)ccn5)ccc4)cc4c5ccc(C(C)(C)C)cc5cc(c5cccc1c52)c43.[Pt+2]. The fourth-order valence-corrected chi connectivity index (χ4v) is 6.60. The standard InChI is InChI=1S/C41H35N3O.Pt/c1-24-23-44-38-30(24)12-9-13-32(38)33-20-26-18-27(40(2,3)4)14-15-31(26)34-22-36(43-39(44)37(33)34)45-29-11-8-10-25(19-29)35-21-28(16-17-42-35)41(5,6)7;/h8-18,20-22H,1-7H3;/q-2;+2. The molecule has 0 atom stereocenters. The van der Waals surface area contributed by atoms with E-state index in [1.54, 1.807) is 0 Å². The van der Waals surface area contributed by atoms with E-state index in [0.29, 0.717) is 11.6 Å². The molecule has 8 aromatic rings. The summed E-state index contributed by atoms with van der Waals surface area (Å²) >= 11 is 0. The van der Waals surface area contributed by atoms with Crippen LogP contribution >= 0.6 is 0 Å². The number of aryl methyl sites for hydroxylation is 1. The van der Waals surface area contributed by atoms with Gasteiger partial charge in [0.2, 0.25) is 5.88 Å². The Morgan fingerprint density at radius 2 is 1.43 bits per heavy atom. The van der Waals surface area contributed by atoms with Gasteiger partial charge >= 0.3 is 21.1 Å². The van der Waals surface area contributed by atoms with E-state index in [9.17, 15) is 0 Å². The summed E-state index contributed by atoms with van der Waals surface area (Å²) < 4.78 is 8.67. The number of fused-ring (bicyclic) bond motifs is 4. The number of aromatic nitrogens is 3. The van der Waals surface area contributed by atoms with Gasteiger partial charge in [-0.25, -0.2) is 4.98 Å². The van der Waals surface area contributed by atoms with E-state index in [-0.39, 0.29) is 31.9 Å². The number of ether oxygens (including phenoxy) is 1. The third-order valence-corrected chi connectivity index (χ3v) is 9.08. The summed E-state index contributed by atoms with van der Waals surface area (Å²) in [6.45, 7) is 15.5. The average molecular weight is 781 g/mol. The first-order valence-corrected chi connectivity index (χ1v) is 15.6.